The molecule has 0 radical (unpaired) electrons. The summed E-state index contributed by atoms with van der Waals surface area (Å²) in [5.74, 6) is 0.930. The van der Waals surface area contributed by atoms with Crippen LogP contribution in [-0.4, -0.2) is 47.9 Å². The number of sulfone groups is 1. The van der Waals surface area contributed by atoms with Crippen molar-refractivity contribution >= 4 is 15.7 Å². The molecule has 0 amide bonds. The zero-order valence-electron chi connectivity index (χ0n) is 11.0. The van der Waals surface area contributed by atoms with E-state index in [1.54, 1.807) is 18.6 Å². The zero-order valence-corrected chi connectivity index (χ0v) is 11.8. The molecular formula is C12H15N5O2S. The van der Waals surface area contributed by atoms with E-state index < -0.39 is 9.84 Å². The largest absolute Gasteiger partial charge is 0.355 e. The van der Waals surface area contributed by atoms with Gasteiger partial charge in [-0.3, -0.25) is 10.1 Å². The van der Waals surface area contributed by atoms with Crippen LogP contribution >= 0.6 is 0 Å². The van der Waals surface area contributed by atoms with Gasteiger partial charge in [-0.2, -0.15) is 5.10 Å². The summed E-state index contributed by atoms with van der Waals surface area (Å²) < 4.78 is 23.5. The van der Waals surface area contributed by atoms with Gasteiger partial charge in [0.25, 0.3) is 0 Å². The first-order valence-corrected chi connectivity index (χ1v) is 8.19. The molecule has 0 bridgehead atoms. The molecule has 106 valence electrons. The lowest BCUT2D eigenvalue weighted by Crippen LogP contribution is -2.20. The monoisotopic (exact) mass is 293 g/mol. The Morgan fingerprint density at radius 3 is 2.90 bits per heavy atom. The van der Waals surface area contributed by atoms with Crippen LogP contribution in [0, 0.1) is 0 Å². The van der Waals surface area contributed by atoms with Crippen LogP contribution < -0.4 is 4.90 Å². The molecule has 8 heteroatoms. The van der Waals surface area contributed by atoms with Crippen molar-refractivity contribution in [2.75, 3.05) is 24.2 Å². The van der Waals surface area contributed by atoms with Crippen LogP contribution in [0.15, 0.2) is 29.7 Å². The lowest BCUT2D eigenvalue weighted by Gasteiger charge is -2.16. The molecular weight excluding hydrogens is 278 g/mol. The second kappa shape index (κ2) is 4.86. The van der Waals surface area contributed by atoms with E-state index in [1.807, 2.05) is 0 Å². The molecule has 0 spiro atoms. The second-order valence-corrected chi connectivity index (χ2v) is 6.90. The van der Waals surface area contributed by atoms with Crippen molar-refractivity contribution in [3.05, 3.63) is 30.5 Å². The molecule has 2 aromatic rings. The maximum Gasteiger partial charge on any atom is 0.178 e. The number of hydrogen-bond donors (Lipinski definition) is 1. The number of aromatic amines is 1. The van der Waals surface area contributed by atoms with Crippen LogP contribution in [0.5, 0.6) is 0 Å². The fourth-order valence-electron chi connectivity index (χ4n) is 2.53. The first kappa shape index (κ1) is 13.0. The van der Waals surface area contributed by atoms with Crippen molar-refractivity contribution in [3.8, 4) is 0 Å². The molecule has 1 aliphatic heterocycles. The fourth-order valence-corrected chi connectivity index (χ4v) is 3.39. The smallest absolute Gasteiger partial charge is 0.178 e. The first-order valence-electron chi connectivity index (χ1n) is 6.30. The van der Waals surface area contributed by atoms with E-state index in [0.29, 0.717) is 17.1 Å². The number of nitrogens with zero attached hydrogens (tertiary/aromatic N) is 4. The topological polar surface area (TPSA) is 91.8 Å². The van der Waals surface area contributed by atoms with Gasteiger partial charge in [-0.15, -0.1) is 0 Å². The number of H-pyrrole nitrogens is 1. The van der Waals surface area contributed by atoms with Crippen molar-refractivity contribution in [2.45, 2.75) is 17.2 Å². The molecule has 20 heavy (non-hydrogen) atoms. The van der Waals surface area contributed by atoms with Gasteiger partial charge < -0.3 is 4.90 Å². The SMILES string of the molecule is CS(=O)(=O)c1cn[nH]c1[C@@H]1CCN(c2cnccn2)C1. The Balaban J connectivity index is 1.83. The molecule has 0 aliphatic carbocycles. The molecule has 0 saturated carbocycles. The van der Waals surface area contributed by atoms with Crippen molar-refractivity contribution in [3.63, 3.8) is 0 Å². The van der Waals surface area contributed by atoms with E-state index in [0.717, 1.165) is 18.8 Å². The summed E-state index contributed by atoms with van der Waals surface area (Å²) in [6.07, 6.45) is 8.45. The first-order chi connectivity index (χ1) is 9.55. The fraction of sp³-hybridized carbons (Fsp3) is 0.417. The van der Waals surface area contributed by atoms with Gasteiger partial charge >= 0.3 is 0 Å². The van der Waals surface area contributed by atoms with Crippen LogP contribution in [0.25, 0.3) is 0 Å². The maximum atomic E-state index is 11.7. The van der Waals surface area contributed by atoms with Gasteiger partial charge in [0.05, 0.1) is 18.1 Å². The summed E-state index contributed by atoms with van der Waals surface area (Å²) in [4.78, 5) is 10.7. The number of anilines is 1. The average molecular weight is 293 g/mol. The van der Waals surface area contributed by atoms with Crippen molar-refractivity contribution < 1.29 is 8.42 Å². The molecule has 3 rings (SSSR count). The van der Waals surface area contributed by atoms with E-state index >= 15 is 0 Å². The minimum Gasteiger partial charge on any atom is -0.355 e. The predicted molar refractivity (Wildman–Crippen MR) is 73.3 cm³/mol. The van der Waals surface area contributed by atoms with E-state index in [1.165, 1.54) is 12.5 Å². The van der Waals surface area contributed by atoms with Crippen LogP contribution in [0.3, 0.4) is 0 Å². The Bertz CT molecular complexity index is 698. The Morgan fingerprint density at radius 2 is 2.20 bits per heavy atom. The van der Waals surface area contributed by atoms with Gasteiger partial charge in [-0.1, -0.05) is 0 Å². The third kappa shape index (κ3) is 2.38. The lowest BCUT2D eigenvalue weighted by atomic mass is 10.1. The standard InChI is InChI=1S/C12H15N5O2S/c1-20(18,19)10-6-15-16-12(10)9-2-5-17(8-9)11-7-13-3-4-14-11/h3-4,6-7,9H,2,5,8H2,1H3,(H,15,16)/t9-/m1/s1. The van der Waals surface area contributed by atoms with Crippen LogP contribution in [-0.2, 0) is 9.84 Å². The number of aromatic nitrogens is 4. The third-order valence-corrected chi connectivity index (χ3v) is 4.63. The minimum absolute atomic E-state index is 0.115. The molecule has 0 unspecified atom stereocenters. The highest BCUT2D eigenvalue weighted by atomic mass is 32.2. The Hall–Kier alpha value is -1.96. The molecule has 0 aromatic carbocycles. The van der Waals surface area contributed by atoms with Gasteiger partial charge in [0.2, 0.25) is 0 Å². The molecule has 7 nitrogen and oxygen atoms in total. The number of nitrogens with one attached hydrogen (secondary N) is 1. The lowest BCUT2D eigenvalue weighted by molar-refractivity contribution is 0.598. The van der Waals surface area contributed by atoms with Crippen LogP contribution in [0.1, 0.15) is 18.0 Å². The van der Waals surface area contributed by atoms with Gasteiger partial charge in [0.1, 0.15) is 10.7 Å². The number of rotatable bonds is 3. The second-order valence-electron chi connectivity index (χ2n) is 4.92. The van der Waals surface area contributed by atoms with Crippen molar-refractivity contribution in [1.29, 1.82) is 0 Å². The molecule has 1 aliphatic rings. The summed E-state index contributed by atoms with van der Waals surface area (Å²) in [7, 11) is -3.25. The Labute approximate surface area is 117 Å². The summed E-state index contributed by atoms with van der Waals surface area (Å²) in [5, 5.41) is 6.71. The average Bonchev–Trinajstić information content (AvgIpc) is 3.08. The minimum atomic E-state index is -3.25. The van der Waals surface area contributed by atoms with Gasteiger partial charge in [-0.05, 0) is 6.42 Å². The molecule has 1 N–H and O–H groups in total. The van der Waals surface area contributed by atoms with Gasteiger partial charge in [0.15, 0.2) is 9.84 Å². The Morgan fingerprint density at radius 1 is 1.35 bits per heavy atom. The summed E-state index contributed by atoms with van der Waals surface area (Å²) in [5.41, 5.74) is 0.693. The maximum absolute atomic E-state index is 11.7. The van der Waals surface area contributed by atoms with E-state index in [9.17, 15) is 8.42 Å². The molecule has 2 aromatic heterocycles. The zero-order chi connectivity index (χ0) is 14.2. The summed E-state index contributed by atoms with van der Waals surface area (Å²) in [6.45, 7) is 1.54. The third-order valence-electron chi connectivity index (χ3n) is 3.50. The predicted octanol–water partition coefficient (Wildman–Crippen LogP) is 0.597. The van der Waals surface area contributed by atoms with E-state index in [2.05, 4.69) is 25.1 Å². The molecule has 1 atom stereocenters. The normalized spacial score (nSPS) is 19.4. The van der Waals surface area contributed by atoms with Gasteiger partial charge in [0, 0.05) is 37.7 Å². The number of hydrogen-bond acceptors (Lipinski definition) is 6. The van der Waals surface area contributed by atoms with Crippen molar-refractivity contribution in [2.24, 2.45) is 0 Å². The highest BCUT2D eigenvalue weighted by Crippen LogP contribution is 2.31. The highest BCUT2D eigenvalue weighted by molar-refractivity contribution is 7.90. The van der Waals surface area contributed by atoms with E-state index in [4.69, 9.17) is 0 Å². The van der Waals surface area contributed by atoms with Crippen LogP contribution in [0.4, 0.5) is 5.82 Å². The van der Waals surface area contributed by atoms with Crippen LogP contribution in [0.2, 0.25) is 0 Å². The highest BCUT2D eigenvalue weighted by Gasteiger charge is 2.30. The quantitative estimate of drug-likeness (QED) is 0.891. The van der Waals surface area contributed by atoms with Gasteiger partial charge in [-0.25, -0.2) is 13.4 Å². The van der Waals surface area contributed by atoms with Crippen molar-refractivity contribution in [1.82, 2.24) is 20.2 Å². The molecule has 3 heterocycles. The summed E-state index contributed by atoms with van der Waals surface area (Å²) in [6, 6.07) is 0. The molecule has 1 saturated heterocycles. The Kier molecular flexibility index (Phi) is 3.17. The van der Waals surface area contributed by atoms with E-state index in [-0.39, 0.29) is 5.92 Å². The molecule has 1 fully saturated rings. The summed E-state index contributed by atoms with van der Waals surface area (Å²) >= 11 is 0.